The first-order valence-electron chi connectivity index (χ1n) is 5.03. The number of hydrogen-bond donors (Lipinski definition) is 3. The van der Waals surface area contributed by atoms with E-state index in [4.69, 9.17) is 15.0 Å². The Kier molecular flexibility index (Phi) is 15.7. The second-order valence-electron chi connectivity index (χ2n) is 3.32. The smallest absolute Gasteiger partial charge is 0.320 e. The summed E-state index contributed by atoms with van der Waals surface area (Å²) in [7, 11) is 5.03. The van der Waals surface area contributed by atoms with E-state index in [0.717, 1.165) is 6.92 Å². The van der Waals surface area contributed by atoms with Gasteiger partial charge in [-0.3, -0.25) is 19.3 Å². The zero-order valence-electron chi connectivity index (χ0n) is 11.4. The van der Waals surface area contributed by atoms with Gasteiger partial charge < -0.3 is 15.5 Å². The lowest BCUT2D eigenvalue weighted by atomic mass is 10.3. The first-order chi connectivity index (χ1) is 8.09. The molecule has 1 unspecified atom stereocenters. The third kappa shape index (κ3) is 23.7. The molecule has 18 heavy (non-hydrogen) atoms. The molecule has 0 aromatic rings. The van der Waals surface area contributed by atoms with Crippen molar-refractivity contribution in [3.05, 3.63) is 12.7 Å². The van der Waals surface area contributed by atoms with Crippen molar-refractivity contribution in [2.75, 3.05) is 21.1 Å². The number of carbonyl (C=O) groups excluding carboxylic acids is 1. The second-order valence-corrected chi connectivity index (χ2v) is 3.32. The van der Waals surface area contributed by atoms with Crippen molar-refractivity contribution >= 4 is 17.8 Å². The van der Waals surface area contributed by atoms with E-state index < -0.39 is 11.9 Å². The van der Waals surface area contributed by atoms with Crippen molar-refractivity contribution in [1.82, 2.24) is 10.2 Å². The number of carboxylic acid groups (broad SMARTS) is 2. The fourth-order valence-corrected chi connectivity index (χ4v) is 0.323. The summed E-state index contributed by atoms with van der Waals surface area (Å²) in [5, 5.41) is 18.1. The van der Waals surface area contributed by atoms with Crippen LogP contribution in [0.3, 0.4) is 0 Å². The highest BCUT2D eigenvalue weighted by Gasteiger charge is 2.11. The number of likely N-dealkylation sites (N-methyl/N-ethyl adjacent to an activating group) is 2. The first kappa shape index (κ1) is 21.4. The van der Waals surface area contributed by atoms with Crippen molar-refractivity contribution in [3.8, 4) is 0 Å². The van der Waals surface area contributed by atoms with E-state index in [9.17, 15) is 9.59 Å². The highest BCUT2D eigenvalue weighted by atomic mass is 16.4. The maximum absolute atomic E-state index is 10.1. The molecule has 0 radical (unpaired) electrons. The van der Waals surface area contributed by atoms with Gasteiger partial charge in [0.25, 0.3) is 5.97 Å². The largest absolute Gasteiger partial charge is 0.481 e. The summed E-state index contributed by atoms with van der Waals surface area (Å²) in [6.45, 7) is 5.94. The molecule has 0 aromatic heterocycles. The number of rotatable bonds is 3. The quantitative estimate of drug-likeness (QED) is 0.619. The molecular formula is C11H22N2O5. The molecule has 0 fully saturated rings. The van der Waals surface area contributed by atoms with Crippen LogP contribution in [-0.2, 0) is 14.4 Å². The Labute approximate surface area is 107 Å². The molecule has 0 saturated carbocycles. The molecule has 0 aliphatic rings. The van der Waals surface area contributed by atoms with Gasteiger partial charge in [0.2, 0.25) is 5.91 Å². The lowest BCUT2D eigenvalue weighted by Gasteiger charge is -2.13. The monoisotopic (exact) mass is 262 g/mol. The average molecular weight is 262 g/mol. The van der Waals surface area contributed by atoms with Crippen LogP contribution < -0.4 is 5.32 Å². The molecule has 7 nitrogen and oxygen atoms in total. The van der Waals surface area contributed by atoms with Gasteiger partial charge in [-0.05, 0) is 27.1 Å². The molecule has 0 rings (SSSR count). The van der Waals surface area contributed by atoms with Gasteiger partial charge in [-0.1, -0.05) is 6.58 Å². The highest BCUT2D eigenvalue weighted by Crippen LogP contribution is 1.88. The third-order valence-electron chi connectivity index (χ3n) is 1.56. The van der Waals surface area contributed by atoms with Crippen molar-refractivity contribution in [2.45, 2.75) is 19.9 Å². The molecule has 1 atom stereocenters. The zero-order chi connectivity index (χ0) is 15.3. The number of amides is 1. The van der Waals surface area contributed by atoms with Crippen LogP contribution >= 0.6 is 0 Å². The van der Waals surface area contributed by atoms with Crippen LogP contribution in [0, 0.1) is 0 Å². The van der Waals surface area contributed by atoms with Crippen LogP contribution in [0.5, 0.6) is 0 Å². The molecule has 0 aliphatic heterocycles. The van der Waals surface area contributed by atoms with Gasteiger partial charge in [0.05, 0.1) is 0 Å². The maximum atomic E-state index is 10.1. The van der Waals surface area contributed by atoms with Crippen LogP contribution in [0.2, 0.25) is 0 Å². The summed E-state index contributed by atoms with van der Waals surface area (Å²) < 4.78 is 0. The van der Waals surface area contributed by atoms with Crippen LogP contribution in [0.1, 0.15) is 13.8 Å². The molecule has 106 valence electrons. The molecule has 0 heterocycles. The maximum Gasteiger partial charge on any atom is 0.320 e. The van der Waals surface area contributed by atoms with Gasteiger partial charge in [-0.25, -0.2) is 0 Å². The van der Waals surface area contributed by atoms with Gasteiger partial charge in [-0.15, -0.1) is 0 Å². The Morgan fingerprint density at radius 1 is 1.28 bits per heavy atom. The number of nitrogens with one attached hydrogen (secondary N) is 1. The Balaban J connectivity index is -0.000000200. The molecule has 0 aromatic carbocycles. The van der Waals surface area contributed by atoms with E-state index in [0.29, 0.717) is 0 Å². The molecule has 0 aliphatic carbocycles. The topological polar surface area (TPSA) is 107 Å². The number of nitrogens with zero attached hydrogens (tertiary/aromatic N) is 1. The minimum atomic E-state index is -0.833. The minimum Gasteiger partial charge on any atom is -0.481 e. The van der Waals surface area contributed by atoms with Crippen LogP contribution in [0.15, 0.2) is 12.7 Å². The normalized spacial score (nSPS) is 9.89. The molecule has 0 spiro atoms. The Morgan fingerprint density at radius 3 is 1.61 bits per heavy atom. The lowest BCUT2D eigenvalue weighted by molar-refractivity contribution is -0.141. The summed E-state index contributed by atoms with van der Waals surface area (Å²) in [4.78, 5) is 30.7. The third-order valence-corrected chi connectivity index (χ3v) is 1.56. The predicted octanol–water partition coefficient (Wildman–Crippen LogP) is 0.0304. The van der Waals surface area contributed by atoms with Crippen molar-refractivity contribution < 1.29 is 24.6 Å². The Morgan fingerprint density at radius 2 is 1.61 bits per heavy atom. The fourth-order valence-electron chi connectivity index (χ4n) is 0.323. The first-order valence-corrected chi connectivity index (χ1v) is 5.03. The van der Waals surface area contributed by atoms with E-state index >= 15 is 0 Å². The average Bonchev–Trinajstić information content (AvgIpc) is 2.26. The number of hydrogen-bond acceptors (Lipinski definition) is 4. The molecule has 0 bridgehead atoms. The molecule has 1 amide bonds. The number of carbonyl (C=O) groups is 3. The van der Waals surface area contributed by atoms with E-state index in [1.807, 2.05) is 0 Å². The second kappa shape index (κ2) is 13.2. The summed E-state index contributed by atoms with van der Waals surface area (Å²) in [6, 6.07) is -0.380. The van der Waals surface area contributed by atoms with E-state index in [-0.39, 0.29) is 11.9 Å². The van der Waals surface area contributed by atoms with Gasteiger partial charge in [0, 0.05) is 14.0 Å². The van der Waals surface area contributed by atoms with Crippen LogP contribution in [0.4, 0.5) is 0 Å². The SMILES string of the molecule is C=CC(=O)NC.CC(=O)O.CC(C(=O)O)N(C)C. The predicted molar refractivity (Wildman–Crippen MR) is 68.4 cm³/mol. The lowest BCUT2D eigenvalue weighted by Crippen LogP contribution is -2.32. The van der Waals surface area contributed by atoms with Gasteiger partial charge >= 0.3 is 5.97 Å². The minimum absolute atomic E-state index is 0.144. The van der Waals surface area contributed by atoms with E-state index in [1.54, 1.807) is 33.0 Å². The summed E-state index contributed by atoms with van der Waals surface area (Å²) >= 11 is 0. The highest BCUT2D eigenvalue weighted by molar-refractivity contribution is 5.86. The van der Waals surface area contributed by atoms with Gasteiger partial charge in [0.15, 0.2) is 0 Å². The van der Waals surface area contributed by atoms with Crippen LogP contribution in [-0.4, -0.2) is 60.1 Å². The Bertz CT molecular complexity index is 273. The number of carboxylic acids is 2. The summed E-state index contributed by atoms with van der Waals surface area (Å²) in [6.07, 6.45) is 1.22. The Hall–Kier alpha value is -1.89. The molecule has 3 N–H and O–H groups in total. The van der Waals surface area contributed by atoms with Crippen molar-refractivity contribution in [1.29, 1.82) is 0 Å². The molecule has 7 heteroatoms. The van der Waals surface area contributed by atoms with E-state index in [2.05, 4.69) is 11.9 Å². The summed E-state index contributed by atoms with van der Waals surface area (Å²) in [5.74, 6) is -1.76. The zero-order valence-corrected chi connectivity index (χ0v) is 11.4. The van der Waals surface area contributed by atoms with Crippen molar-refractivity contribution in [2.24, 2.45) is 0 Å². The van der Waals surface area contributed by atoms with Crippen molar-refractivity contribution in [3.63, 3.8) is 0 Å². The van der Waals surface area contributed by atoms with Gasteiger partial charge in [0.1, 0.15) is 6.04 Å². The standard InChI is InChI=1S/C5H11NO2.C4H7NO.C2H4O2/c1-4(5(7)8)6(2)3;1-3-4(6)5-2;1-2(3)4/h4H,1-3H3,(H,7,8);3H,1H2,2H3,(H,5,6);1H3,(H,3,4). The molecule has 0 saturated heterocycles. The number of aliphatic carboxylic acids is 2. The van der Waals surface area contributed by atoms with Gasteiger partial charge in [-0.2, -0.15) is 0 Å². The fraction of sp³-hybridized carbons (Fsp3) is 0.545. The van der Waals surface area contributed by atoms with E-state index in [1.165, 1.54) is 6.08 Å². The summed E-state index contributed by atoms with van der Waals surface area (Å²) in [5.41, 5.74) is 0. The molecular weight excluding hydrogens is 240 g/mol. The van der Waals surface area contributed by atoms with Crippen LogP contribution in [0.25, 0.3) is 0 Å².